The van der Waals surface area contributed by atoms with Crippen molar-refractivity contribution in [2.75, 3.05) is 23.4 Å². The lowest BCUT2D eigenvalue weighted by Crippen LogP contribution is -2.28. The zero-order valence-corrected chi connectivity index (χ0v) is 16.6. The van der Waals surface area contributed by atoms with Gasteiger partial charge in [0.2, 0.25) is 11.8 Å². The van der Waals surface area contributed by atoms with Crippen molar-refractivity contribution in [3.8, 4) is 5.75 Å². The Hall–Kier alpha value is -2.82. The first-order valence-corrected chi connectivity index (χ1v) is 10.0. The number of anilines is 2. The van der Waals surface area contributed by atoms with Crippen LogP contribution < -0.4 is 15.0 Å². The Kier molecular flexibility index (Phi) is 6.69. The van der Waals surface area contributed by atoms with E-state index in [9.17, 15) is 9.59 Å². The van der Waals surface area contributed by atoms with Gasteiger partial charge in [-0.15, -0.1) is 0 Å². The van der Waals surface area contributed by atoms with Crippen molar-refractivity contribution in [3.05, 3.63) is 54.1 Å². The van der Waals surface area contributed by atoms with Crippen LogP contribution in [0.3, 0.4) is 0 Å². The van der Waals surface area contributed by atoms with Gasteiger partial charge >= 0.3 is 0 Å². The number of amides is 2. The molecule has 0 aromatic heterocycles. The van der Waals surface area contributed by atoms with Crippen LogP contribution in [0.1, 0.15) is 38.7 Å². The van der Waals surface area contributed by atoms with Crippen molar-refractivity contribution < 1.29 is 14.3 Å². The maximum absolute atomic E-state index is 12.6. The first-order valence-electron chi connectivity index (χ1n) is 10.0. The van der Waals surface area contributed by atoms with Gasteiger partial charge in [-0.1, -0.05) is 32.4 Å². The van der Waals surface area contributed by atoms with E-state index in [1.807, 2.05) is 48.5 Å². The summed E-state index contributed by atoms with van der Waals surface area (Å²) in [7, 11) is 0. The molecule has 2 aromatic rings. The lowest BCUT2D eigenvalue weighted by atomic mass is 10.1. The van der Waals surface area contributed by atoms with Crippen molar-refractivity contribution in [2.24, 2.45) is 5.92 Å². The summed E-state index contributed by atoms with van der Waals surface area (Å²) < 4.78 is 5.64. The van der Waals surface area contributed by atoms with E-state index in [4.69, 9.17) is 4.74 Å². The third-order valence-corrected chi connectivity index (χ3v) is 5.04. The molecule has 0 unspecified atom stereocenters. The minimum absolute atomic E-state index is 0.0101. The second-order valence-electron chi connectivity index (χ2n) is 7.14. The molecule has 0 aliphatic carbocycles. The fraction of sp³-hybridized carbons (Fsp3) is 0.391. The highest BCUT2D eigenvalue weighted by molar-refractivity contribution is 6.03. The van der Waals surface area contributed by atoms with E-state index in [1.165, 1.54) is 5.56 Å². The lowest BCUT2D eigenvalue weighted by Gasteiger charge is -2.17. The zero-order chi connectivity index (χ0) is 19.9. The molecule has 5 heteroatoms. The van der Waals surface area contributed by atoms with E-state index in [2.05, 4.69) is 19.2 Å². The number of rotatable bonds is 8. The standard InChI is InChI=1S/C23H28N2O3/c1-3-5-14-28-21-12-8-19(9-13-21)24-23(27)18-15-22(26)25(16-18)20-10-6-17(4-2)7-11-20/h6-13,18H,3-5,14-16H2,1-2H3,(H,24,27)/t18-/m0/s1. The topological polar surface area (TPSA) is 58.6 Å². The molecular weight excluding hydrogens is 352 g/mol. The molecule has 1 saturated heterocycles. The van der Waals surface area contributed by atoms with Gasteiger partial charge < -0.3 is 15.0 Å². The van der Waals surface area contributed by atoms with Crippen LogP contribution in [0.25, 0.3) is 0 Å². The molecule has 2 amide bonds. The number of aryl methyl sites for hydroxylation is 1. The Balaban J connectivity index is 1.56. The minimum atomic E-state index is -0.348. The van der Waals surface area contributed by atoms with Gasteiger partial charge in [-0.2, -0.15) is 0 Å². The number of carbonyl (C=O) groups is 2. The van der Waals surface area contributed by atoms with Crippen LogP contribution in [-0.4, -0.2) is 25.0 Å². The van der Waals surface area contributed by atoms with E-state index in [-0.39, 0.29) is 24.2 Å². The predicted octanol–water partition coefficient (Wildman–Crippen LogP) is 4.42. The third kappa shape index (κ3) is 4.91. The molecule has 0 saturated carbocycles. The molecule has 0 radical (unpaired) electrons. The first-order chi connectivity index (χ1) is 13.6. The molecule has 1 N–H and O–H groups in total. The number of hydrogen-bond donors (Lipinski definition) is 1. The fourth-order valence-corrected chi connectivity index (χ4v) is 3.26. The second-order valence-corrected chi connectivity index (χ2v) is 7.14. The van der Waals surface area contributed by atoms with Crippen LogP contribution in [0.2, 0.25) is 0 Å². The van der Waals surface area contributed by atoms with Crippen LogP contribution in [-0.2, 0) is 16.0 Å². The summed E-state index contributed by atoms with van der Waals surface area (Å²) in [5, 5.41) is 2.92. The lowest BCUT2D eigenvalue weighted by molar-refractivity contribution is -0.122. The molecule has 1 fully saturated rings. The van der Waals surface area contributed by atoms with Crippen molar-refractivity contribution in [1.29, 1.82) is 0 Å². The number of carbonyl (C=O) groups excluding carboxylic acids is 2. The van der Waals surface area contributed by atoms with E-state index in [0.717, 1.165) is 30.7 Å². The molecular formula is C23H28N2O3. The first kappa shape index (κ1) is 19.9. The zero-order valence-electron chi connectivity index (χ0n) is 16.6. The third-order valence-electron chi connectivity index (χ3n) is 5.04. The summed E-state index contributed by atoms with van der Waals surface area (Å²) in [5.41, 5.74) is 2.80. The smallest absolute Gasteiger partial charge is 0.229 e. The Bertz CT molecular complexity index is 800. The molecule has 5 nitrogen and oxygen atoms in total. The molecule has 0 spiro atoms. The summed E-state index contributed by atoms with van der Waals surface area (Å²) >= 11 is 0. The average molecular weight is 380 g/mol. The molecule has 148 valence electrons. The highest BCUT2D eigenvalue weighted by atomic mass is 16.5. The fourth-order valence-electron chi connectivity index (χ4n) is 3.26. The van der Waals surface area contributed by atoms with Gasteiger partial charge in [0.25, 0.3) is 0 Å². The summed E-state index contributed by atoms with van der Waals surface area (Å²) in [6, 6.07) is 15.3. The Morgan fingerprint density at radius 3 is 2.46 bits per heavy atom. The Morgan fingerprint density at radius 1 is 1.11 bits per heavy atom. The SMILES string of the molecule is CCCCOc1ccc(NC(=O)[C@H]2CC(=O)N(c3ccc(CC)cc3)C2)cc1. The van der Waals surface area contributed by atoms with Crippen molar-refractivity contribution >= 4 is 23.2 Å². The summed E-state index contributed by atoms with van der Waals surface area (Å²) in [6.45, 7) is 5.33. The van der Waals surface area contributed by atoms with E-state index < -0.39 is 0 Å². The molecule has 3 rings (SSSR count). The highest BCUT2D eigenvalue weighted by Crippen LogP contribution is 2.27. The Morgan fingerprint density at radius 2 is 1.82 bits per heavy atom. The molecule has 2 aromatic carbocycles. The van der Waals surface area contributed by atoms with Gasteiger partial charge in [0.1, 0.15) is 5.75 Å². The molecule has 28 heavy (non-hydrogen) atoms. The van der Waals surface area contributed by atoms with Gasteiger partial charge in [-0.25, -0.2) is 0 Å². The van der Waals surface area contributed by atoms with E-state index in [0.29, 0.717) is 18.8 Å². The average Bonchev–Trinajstić information content (AvgIpc) is 3.11. The maximum Gasteiger partial charge on any atom is 0.229 e. The van der Waals surface area contributed by atoms with Gasteiger partial charge in [0.05, 0.1) is 12.5 Å². The van der Waals surface area contributed by atoms with Gasteiger partial charge in [0, 0.05) is 24.3 Å². The normalized spacial score (nSPS) is 16.3. The molecule has 0 bridgehead atoms. The number of benzene rings is 2. The molecule has 1 atom stereocenters. The van der Waals surface area contributed by atoms with Gasteiger partial charge in [-0.05, 0) is 54.8 Å². The van der Waals surface area contributed by atoms with Gasteiger partial charge in [0.15, 0.2) is 0 Å². The van der Waals surface area contributed by atoms with Gasteiger partial charge in [-0.3, -0.25) is 9.59 Å². The number of unbranched alkanes of at least 4 members (excludes halogenated alkanes) is 1. The van der Waals surface area contributed by atoms with Crippen molar-refractivity contribution in [3.63, 3.8) is 0 Å². The summed E-state index contributed by atoms with van der Waals surface area (Å²) in [4.78, 5) is 26.7. The largest absolute Gasteiger partial charge is 0.494 e. The van der Waals surface area contributed by atoms with Crippen LogP contribution in [0, 0.1) is 5.92 Å². The monoisotopic (exact) mass is 380 g/mol. The molecule has 1 aliphatic heterocycles. The van der Waals surface area contributed by atoms with Crippen molar-refractivity contribution in [2.45, 2.75) is 39.5 Å². The van der Waals surface area contributed by atoms with Crippen LogP contribution in [0.4, 0.5) is 11.4 Å². The van der Waals surface area contributed by atoms with E-state index >= 15 is 0 Å². The van der Waals surface area contributed by atoms with Crippen LogP contribution >= 0.6 is 0 Å². The van der Waals surface area contributed by atoms with Crippen LogP contribution in [0.5, 0.6) is 5.75 Å². The summed E-state index contributed by atoms with van der Waals surface area (Å²) in [5.74, 6) is 0.313. The summed E-state index contributed by atoms with van der Waals surface area (Å²) in [6.07, 6.45) is 3.31. The van der Waals surface area contributed by atoms with E-state index in [1.54, 1.807) is 4.90 Å². The molecule has 1 aliphatic rings. The number of nitrogens with zero attached hydrogens (tertiary/aromatic N) is 1. The molecule has 1 heterocycles. The highest BCUT2D eigenvalue weighted by Gasteiger charge is 2.35. The predicted molar refractivity (Wildman–Crippen MR) is 112 cm³/mol. The number of nitrogens with one attached hydrogen (secondary N) is 1. The second kappa shape index (κ2) is 9.40. The number of ether oxygens (including phenoxy) is 1. The maximum atomic E-state index is 12.6. The number of hydrogen-bond acceptors (Lipinski definition) is 3. The Labute approximate surface area is 166 Å². The minimum Gasteiger partial charge on any atom is -0.494 e. The van der Waals surface area contributed by atoms with Crippen LogP contribution in [0.15, 0.2) is 48.5 Å². The quantitative estimate of drug-likeness (QED) is 0.690. The van der Waals surface area contributed by atoms with Crippen molar-refractivity contribution in [1.82, 2.24) is 0 Å².